The van der Waals surface area contributed by atoms with Gasteiger partial charge in [-0.05, 0) is 26.0 Å². The molecule has 1 unspecified atom stereocenters. The smallest absolute Gasteiger partial charge is 0.0690 e. The summed E-state index contributed by atoms with van der Waals surface area (Å²) in [4.78, 5) is 0. The zero-order valence-electron chi connectivity index (χ0n) is 8.52. The van der Waals surface area contributed by atoms with E-state index in [0.29, 0.717) is 12.7 Å². The van der Waals surface area contributed by atoms with E-state index in [4.69, 9.17) is 4.74 Å². The molecule has 0 fully saturated rings. The minimum Gasteiger partial charge on any atom is -0.374 e. The van der Waals surface area contributed by atoms with Crippen LogP contribution in [0.15, 0.2) is 12.2 Å². The second-order valence-corrected chi connectivity index (χ2v) is 3.19. The van der Waals surface area contributed by atoms with Gasteiger partial charge in [0, 0.05) is 6.54 Å². The van der Waals surface area contributed by atoms with Crippen LogP contribution < -0.4 is 5.32 Å². The van der Waals surface area contributed by atoms with Crippen molar-refractivity contribution in [2.75, 3.05) is 20.2 Å². The molecule has 12 heavy (non-hydrogen) atoms. The standard InChI is InChI=1S/C10H21NO/c1-5-6-10(3)12-8-9(2)7-11-4/h10-11H,2,5-8H2,1,3-4H3. The van der Waals surface area contributed by atoms with Gasteiger partial charge in [0.15, 0.2) is 0 Å². The second-order valence-electron chi connectivity index (χ2n) is 3.19. The van der Waals surface area contributed by atoms with Gasteiger partial charge in [-0.15, -0.1) is 0 Å². The zero-order valence-corrected chi connectivity index (χ0v) is 8.52. The Morgan fingerprint density at radius 1 is 1.58 bits per heavy atom. The summed E-state index contributed by atoms with van der Waals surface area (Å²) in [5.41, 5.74) is 1.11. The van der Waals surface area contributed by atoms with Crippen molar-refractivity contribution in [3.8, 4) is 0 Å². The van der Waals surface area contributed by atoms with Crippen LogP contribution >= 0.6 is 0 Å². The van der Waals surface area contributed by atoms with E-state index in [1.54, 1.807) is 0 Å². The Balaban J connectivity index is 3.33. The fourth-order valence-corrected chi connectivity index (χ4v) is 1.05. The van der Waals surface area contributed by atoms with Crippen LogP contribution in [0.3, 0.4) is 0 Å². The number of ether oxygens (including phenoxy) is 1. The van der Waals surface area contributed by atoms with Gasteiger partial charge in [0.2, 0.25) is 0 Å². The third kappa shape index (κ3) is 6.38. The molecule has 0 saturated heterocycles. The normalized spacial score (nSPS) is 12.9. The predicted molar refractivity (Wildman–Crippen MR) is 53.4 cm³/mol. The molecule has 0 amide bonds. The predicted octanol–water partition coefficient (Wildman–Crippen LogP) is 1.97. The molecule has 0 aliphatic rings. The number of likely N-dealkylation sites (N-methyl/N-ethyl adjacent to an activating group) is 1. The van der Waals surface area contributed by atoms with Crippen LogP contribution in [0.5, 0.6) is 0 Å². The van der Waals surface area contributed by atoms with Gasteiger partial charge in [-0.2, -0.15) is 0 Å². The van der Waals surface area contributed by atoms with Crippen molar-refractivity contribution in [1.82, 2.24) is 5.32 Å². The lowest BCUT2D eigenvalue weighted by atomic mass is 10.2. The SMILES string of the molecule is C=C(CNC)COC(C)CCC. The van der Waals surface area contributed by atoms with Crippen molar-refractivity contribution >= 4 is 0 Å². The van der Waals surface area contributed by atoms with Gasteiger partial charge in [0.1, 0.15) is 0 Å². The van der Waals surface area contributed by atoms with E-state index < -0.39 is 0 Å². The first-order chi connectivity index (χ1) is 5.70. The molecule has 0 rings (SSSR count). The fourth-order valence-electron chi connectivity index (χ4n) is 1.05. The van der Waals surface area contributed by atoms with Crippen LogP contribution in [0.25, 0.3) is 0 Å². The van der Waals surface area contributed by atoms with Crippen LogP contribution in [0.1, 0.15) is 26.7 Å². The maximum absolute atomic E-state index is 5.56. The van der Waals surface area contributed by atoms with Crippen molar-refractivity contribution < 1.29 is 4.74 Å². The number of nitrogens with one attached hydrogen (secondary N) is 1. The maximum Gasteiger partial charge on any atom is 0.0690 e. The molecule has 0 saturated carbocycles. The fraction of sp³-hybridized carbons (Fsp3) is 0.800. The second kappa shape index (κ2) is 7.32. The quantitative estimate of drug-likeness (QED) is 0.591. The molecule has 0 aliphatic heterocycles. The molecule has 1 N–H and O–H groups in total. The molecule has 0 heterocycles. The van der Waals surface area contributed by atoms with Gasteiger partial charge in [-0.3, -0.25) is 0 Å². The van der Waals surface area contributed by atoms with Crippen molar-refractivity contribution in [1.29, 1.82) is 0 Å². The molecule has 0 bridgehead atoms. The molecule has 0 aliphatic carbocycles. The topological polar surface area (TPSA) is 21.3 Å². The van der Waals surface area contributed by atoms with Crippen LogP contribution in [-0.4, -0.2) is 26.3 Å². The molecule has 0 spiro atoms. The highest BCUT2D eigenvalue weighted by Crippen LogP contribution is 2.02. The van der Waals surface area contributed by atoms with Crippen LogP contribution in [0, 0.1) is 0 Å². The Bertz CT molecular complexity index is 123. The zero-order chi connectivity index (χ0) is 9.40. The summed E-state index contributed by atoms with van der Waals surface area (Å²) in [7, 11) is 1.92. The minimum atomic E-state index is 0.364. The first-order valence-corrected chi connectivity index (χ1v) is 4.63. The third-order valence-electron chi connectivity index (χ3n) is 1.69. The molecule has 0 aromatic carbocycles. The Morgan fingerprint density at radius 2 is 2.25 bits per heavy atom. The summed E-state index contributed by atoms with van der Waals surface area (Å²) in [6.07, 6.45) is 2.68. The van der Waals surface area contributed by atoms with Gasteiger partial charge >= 0.3 is 0 Å². The highest BCUT2D eigenvalue weighted by atomic mass is 16.5. The van der Waals surface area contributed by atoms with Gasteiger partial charge in [0.05, 0.1) is 12.7 Å². The van der Waals surface area contributed by atoms with Gasteiger partial charge < -0.3 is 10.1 Å². The first kappa shape index (κ1) is 11.7. The van der Waals surface area contributed by atoms with Gasteiger partial charge in [-0.25, -0.2) is 0 Å². The van der Waals surface area contributed by atoms with E-state index in [0.717, 1.165) is 18.5 Å². The highest BCUT2D eigenvalue weighted by molar-refractivity contribution is 4.96. The third-order valence-corrected chi connectivity index (χ3v) is 1.69. The highest BCUT2D eigenvalue weighted by Gasteiger charge is 2.00. The summed E-state index contributed by atoms with van der Waals surface area (Å²) in [6, 6.07) is 0. The molecular formula is C10H21NO. The van der Waals surface area contributed by atoms with E-state index in [9.17, 15) is 0 Å². The summed E-state index contributed by atoms with van der Waals surface area (Å²) in [5, 5.41) is 3.04. The van der Waals surface area contributed by atoms with Gasteiger partial charge in [-0.1, -0.05) is 19.9 Å². The van der Waals surface area contributed by atoms with E-state index in [1.165, 1.54) is 6.42 Å². The Morgan fingerprint density at radius 3 is 2.75 bits per heavy atom. The Kier molecular flexibility index (Phi) is 7.11. The lowest BCUT2D eigenvalue weighted by molar-refractivity contribution is 0.0760. The van der Waals surface area contributed by atoms with Crippen molar-refractivity contribution in [2.45, 2.75) is 32.8 Å². The molecule has 72 valence electrons. The summed E-state index contributed by atoms with van der Waals surface area (Å²) in [6.45, 7) is 9.69. The molecule has 1 atom stereocenters. The summed E-state index contributed by atoms with van der Waals surface area (Å²) >= 11 is 0. The molecule has 0 radical (unpaired) electrons. The largest absolute Gasteiger partial charge is 0.374 e. The number of hydrogen-bond acceptors (Lipinski definition) is 2. The Hall–Kier alpha value is -0.340. The number of hydrogen-bond donors (Lipinski definition) is 1. The lowest BCUT2D eigenvalue weighted by Crippen LogP contribution is -2.16. The molecule has 2 heteroatoms. The summed E-state index contributed by atoms with van der Waals surface area (Å²) in [5.74, 6) is 0. The first-order valence-electron chi connectivity index (χ1n) is 4.63. The van der Waals surface area contributed by atoms with E-state index in [1.807, 2.05) is 7.05 Å². The molecular weight excluding hydrogens is 150 g/mol. The van der Waals surface area contributed by atoms with Crippen molar-refractivity contribution in [3.05, 3.63) is 12.2 Å². The molecule has 0 aromatic rings. The molecule has 2 nitrogen and oxygen atoms in total. The minimum absolute atomic E-state index is 0.364. The maximum atomic E-state index is 5.56. The average Bonchev–Trinajstić information content (AvgIpc) is 2.02. The van der Waals surface area contributed by atoms with Crippen LogP contribution in [0.4, 0.5) is 0 Å². The van der Waals surface area contributed by atoms with Crippen LogP contribution in [-0.2, 0) is 4.74 Å². The van der Waals surface area contributed by atoms with E-state index in [2.05, 4.69) is 25.7 Å². The van der Waals surface area contributed by atoms with Crippen molar-refractivity contribution in [2.24, 2.45) is 0 Å². The average molecular weight is 171 g/mol. The van der Waals surface area contributed by atoms with E-state index >= 15 is 0 Å². The monoisotopic (exact) mass is 171 g/mol. The summed E-state index contributed by atoms with van der Waals surface area (Å²) < 4.78 is 5.56. The number of rotatable bonds is 7. The van der Waals surface area contributed by atoms with Crippen molar-refractivity contribution in [3.63, 3.8) is 0 Å². The van der Waals surface area contributed by atoms with Crippen LogP contribution in [0.2, 0.25) is 0 Å². The lowest BCUT2D eigenvalue weighted by Gasteiger charge is -2.12. The Labute approximate surface area is 76.0 Å². The van der Waals surface area contributed by atoms with E-state index in [-0.39, 0.29) is 0 Å². The van der Waals surface area contributed by atoms with Gasteiger partial charge in [0.25, 0.3) is 0 Å². The molecule has 0 aromatic heterocycles.